The number of anilines is 4. The number of nitrogens with zero attached hydrogens (tertiary/aromatic N) is 4. The maximum Gasteiger partial charge on any atom is 0.322 e. The smallest absolute Gasteiger partial charge is 0.322 e. The van der Waals surface area contributed by atoms with Crippen LogP contribution >= 0.6 is 0 Å². The Kier molecular flexibility index (Phi) is 6.44. The first kappa shape index (κ1) is 23.4. The highest BCUT2D eigenvalue weighted by atomic mass is 16.5. The third kappa shape index (κ3) is 5.41. The predicted octanol–water partition coefficient (Wildman–Crippen LogP) is 4.66. The molecule has 6 rings (SSSR count). The Hall–Kier alpha value is -3.98. The molecule has 190 valence electrons. The average molecular weight is 499 g/mol. The average Bonchev–Trinajstić information content (AvgIpc) is 3.70. The second-order valence-corrected chi connectivity index (χ2v) is 9.84. The number of benzene rings is 1. The largest absolute Gasteiger partial charge is 0.374 e. The van der Waals surface area contributed by atoms with Crippen LogP contribution in [0.1, 0.15) is 25.7 Å². The van der Waals surface area contributed by atoms with Crippen LogP contribution in [0.4, 0.5) is 27.7 Å². The van der Waals surface area contributed by atoms with Crippen molar-refractivity contribution in [3.05, 3.63) is 61.1 Å². The fraction of sp³-hybridized carbons (Fsp3) is 0.357. The zero-order chi connectivity index (χ0) is 25.2. The number of rotatable bonds is 6. The summed E-state index contributed by atoms with van der Waals surface area (Å²) in [7, 11) is 0. The zero-order valence-corrected chi connectivity index (χ0v) is 20.6. The molecule has 3 aliphatic rings. The van der Waals surface area contributed by atoms with Gasteiger partial charge in [0.25, 0.3) is 0 Å². The number of amides is 3. The number of aromatic nitrogens is 2. The summed E-state index contributed by atoms with van der Waals surface area (Å²) >= 11 is 0. The maximum atomic E-state index is 12.8. The van der Waals surface area contributed by atoms with E-state index in [2.05, 4.69) is 20.6 Å². The molecule has 9 nitrogen and oxygen atoms in total. The highest BCUT2D eigenvalue weighted by molar-refractivity contribution is 5.95. The molecule has 0 radical (unpaired) electrons. The molecular weight excluding hydrogens is 468 g/mol. The molecule has 2 aliphatic heterocycles. The SMILES string of the molecule is O=C(Nc1cncc(Nc2ccc(-c3ccc(N4CCCC4=O)cc3)cn2)c1)N1CCOC(C2CC2)C1. The molecule has 4 heterocycles. The lowest BCUT2D eigenvalue weighted by Crippen LogP contribution is -2.48. The number of hydrogen-bond acceptors (Lipinski definition) is 6. The fourth-order valence-corrected chi connectivity index (χ4v) is 4.93. The van der Waals surface area contributed by atoms with Crippen LogP contribution in [0.25, 0.3) is 11.1 Å². The van der Waals surface area contributed by atoms with E-state index in [-0.39, 0.29) is 18.0 Å². The number of pyridine rings is 2. The molecule has 1 atom stereocenters. The Morgan fingerprint density at radius 3 is 2.51 bits per heavy atom. The number of morpholine rings is 1. The molecule has 1 aliphatic carbocycles. The van der Waals surface area contributed by atoms with Gasteiger partial charge in [-0.2, -0.15) is 0 Å². The molecular formula is C28H30N6O3. The highest BCUT2D eigenvalue weighted by Crippen LogP contribution is 2.35. The topological polar surface area (TPSA) is 99.7 Å². The molecule has 1 aromatic carbocycles. The van der Waals surface area contributed by atoms with Crippen LogP contribution < -0.4 is 15.5 Å². The van der Waals surface area contributed by atoms with E-state index in [1.807, 2.05) is 58.5 Å². The zero-order valence-electron chi connectivity index (χ0n) is 20.6. The number of carbonyl (C=O) groups is 2. The summed E-state index contributed by atoms with van der Waals surface area (Å²) in [4.78, 5) is 37.2. The Bertz CT molecular complexity index is 1280. The minimum absolute atomic E-state index is 0.129. The van der Waals surface area contributed by atoms with Gasteiger partial charge in [0, 0.05) is 43.5 Å². The van der Waals surface area contributed by atoms with Crippen molar-refractivity contribution in [1.29, 1.82) is 0 Å². The molecule has 37 heavy (non-hydrogen) atoms. The first-order chi connectivity index (χ1) is 18.1. The van der Waals surface area contributed by atoms with Gasteiger partial charge in [-0.25, -0.2) is 9.78 Å². The van der Waals surface area contributed by atoms with Gasteiger partial charge in [0.05, 0.1) is 36.5 Å². The van der Waals surface area contributed by atoms with Crippen molar-refractivity contribution >= 4 is 34.8 Å². The van der Waals surface area contributed by atoms with Gasteiger partial charge < -0.3 is 25.2 Å². The van der Waals surface area contributed by atoms with Crippen molar-refractivity contribution < 1.29 is 14.3 Å². The molecule has 2 aromatic heterocycles. The second-order valence-electron chi connectivity index (χ2n) is 9.84. The third-order valence-corrected chi connectivity index (χ3v) is 7.14. The van der Waals surface area contributed by atoms with Crippen LogP contribution in [-0.2, 0) is 9.53 Å². The first-order valence-corrected chi connectivity index (χ1v) is 12.9. The molecule has 9 heteroatoms. The van der Waals surface area contributed by atoms with E-state index in [0.29, 0.717) is 43.5 Å². The quantitative estimate of drug-likeness (QED) is 0.513. The van der Waals surface area contributed by atoms with Gasteiger partial charge in [-0.15, -0.1) is 0 Å². The standard InChI is InChI=1S/C28H30N6O3/c35-27-2-1-11-34(27)24-8-5-19(6-9-24)21-7-10-26(30-15-21)31-22-14-23(17-29-16-22)32-28(36)33-12-13-37-25(18-33)20-3-4-20/h5-10,14-17,20,25H,1-4,11-13,18H2,(H,30,31)(H,32,36). The van der Waals surface area contributed by atoms with Crippen LogP contribution in [0.2, 0.25) is 0 Å². The van der Waals surface area contributed by atoms with E-state index < -0.39 is 0 Å². The maximum absolute atomic E-state index is 12.8. The summed E-state index contributed by atoms with van der Waals surface area (Å²) < 4.78 is 5.82. The van der Waals surface area contributed by atoms with Gasteiger partial charge in [-0.1, -0.05) is 12.1 Å². The summed E-state index contributed by atoms with van der Waals surface area (Å²) in [6, 6.07) is 13.6. The van der Waals surface area contributed by atoms with Crippen LogP contribution in [0.15, 0.2) is 61.1 Å². The molecule has 3 fully saturated rings. The van der Waals surface area contributed by atoms with Crippen molar-refractivity contribution in [2.24, 2.45) is 5.92 Å². The van der Waals surface area contributed by atoms with E-state index in [0.717, 1.165) is 35.5 Å². The summed E-state index contributed by atoms with van der Waals surface area (Å²) in [5, 5.41) is 6.21. The van der Waals surface area contributed by atoms with Gasteiger partial charge in [-0.05, 0) is 61.1 Å². The molecule has 1 saturated carbocycles. The lowest BCUT2D eigenvalue weighted by Gasteiger charge is -2.33. The first-order valence-electron chi connectivity index (χ1n) is 12.9. The van der Waals surface area contributed by atoms with Crippen LogP contribution in [-0.4, -0.2) is 59.2 Å². The van der Waals surface area contributed by atoms with Crippen LogP contribution in [0, 0.1) is 5.92 Å². The summed E-state index contributed by atoms with van der Waals surface area (Å²) in [6.45, 7) is 2.60. The summed E-state index contributed by atoms with van der Waals surface area (Å²) in [5.74, 6) is 1.46. The van der Waals surface area contributed by atoms with E-state index in [1.165, 1.54) is 12.8 Å². The Morgan fingerprint density at radius 1 is 0.973 bits per heavy atom. The van der Waals surface area contributed by atoms with Gasteiger partial charge >= 0.3 is 6.03 Å². The van der Waals surface area contributed by atoms with Gasteiger partial charge in [0.15, 0.2) is 0 Å². The minimum Gasteiger partial charge on any atom is -0.374 e. The molecule has 1 unspecified atom stereocenters. The Balaban J connectivity index is 1.07. The number of nitrogens with one attached hydrogen (secondary N) is 2. The van der Waals surface area contributed by atoms with E-state index in [4.69, 9.17) is 4.74 Å². The van der Waals surface area contributed by atoms with Gasteiger partial charge in [0.2, 0.25) is 5.91 Å². The molecule has 2 N–H and O–H groups in total. The monoisotopic (exact) mass is 498 g/mol. The normalized spacial score (nSPS) is 19.7. The lowest BCUT2D eigenvalue weighted by molar-refractivity contribution is -0.117. The molecule has 0 spiro atoms. The Labute approximate surface area is 215 Å². The molecule has 2 saturated heterocycles. The van der Waals surface area contributed by atoms with Crippen molar-refractivity contribution in [3.63, 3.8) is 0 Å². The summed E-state index contributed by atoms with van der Waals surface area (Å²) in [5.41, 5.74) is 4.31. The Morgan fingerprint density at radius 2 is 1.78 bits per heavy atom. The van der Waals surface area contributed by atoms with Crippen LogP contribution in [0.5, 0.6) is 0 Å². The minimum atomic E-state index is -0.129. The van der Waals surface area contributed by atoms with Crippen molar-refractivity contribution in [2.75, 3.05) is 41.8 Å². The van der Waals surface area contributed by atoms with E-state index >= 15 is 0 Å². The number of ether oxygens (including phenoxy) is 1. The van der Waals surface area contributed by atoms with Crippen molar-refractivity contribution in [2.45, 2.75) is 31.8 Å². The molecule has 0 bridgehead atoms. The predicted molar refractivity (Wildman–Crippen MR) is 142 cm³/mol. The third-order valence-electron chi connectivity index (χ3n) is 7.14. The molecule has 3 amide bonds. The van der Waals surface area contributed by atoms with Crippen molar-refractivity contribution in [1.82, 2.24) is 14.9 Å². The fourth-order valence-electron chi connectivity index (χ4n) is 4.93. The van der Waals surface area contributed by atoms with Crippen molar-refractivity contribution in [3.8, 4) is 11.1 Å². The van der Waals surface area contributed by atoms with E-state index in [9.17, 15) is 9.59 Å². The van der Waals surface area contributed by atoms with Gasteiger partial charge in [0.1, 0.15) is 5.82 Å². The van der Waals surface area contributed by atoms with E-state index in [1.54, 1.807) is 12.4 Å². The highest BCUT2D eigenvalue weighted by Gasteiger charge is 2.36. The lowest BCUT2D eigenvalue weighted by atomic mass is 10.1. The second kappa shape index (κ2) is 10.2. The number of hydrogen-bond donors (Lipinski definition) is 2. The number of carbonyl (C=O) groups excluding carboxylic acids is 2. The summed E-state index contributed by atoms with van der Waals surface area (Å²) in [6.07, 6.45) is 9.23. The van der Waals surface area contributed by atoms with Gasteiger partial charge in [-0.3, -0.25) is 9.78 Å². The van der Waals surface area contributed by atoms with Crippen LogP contribution in [0.3, 0.4) is 0 Å². The number of urea groups is 1. The molecule has 3 aromatic rings.